The van der Waals surface area contributed by atoms with Gasteiger partial charge in [0.2, 0.25) is 0 Å². The fourth-order valence-corrected chi connectivity index (χ4v) is 5.02. The predicted octanol–water partition coefficient (Wildman–Crippen LogP) is 5.90. The number of nitrogens with zero attached hydrogens (tertiary/aromatic N) is 3. The van der Waals surface area contributed by atoms with Gasteiger partial charge < -0.3 is 14.7 Å². The van der Waals surface area contributed by atoms with Gasteiger partial charge in [0.15, 0.2) is 0 Å². The molecule has 1 fully saturated rings. The van der Waals surface area contributed by atoms with Crippen LogP contribution in [0.2, 0.25) is 10.0 Å². The van der Waals surface area contributed by atoms with Crippen molar-refractivity contribution in [2.24, 2.45) is 0 Å². The van der Waals surface area contributed by atoms with Crippen LogP contribution < -0.4 is 9.64 Å². The zero-order valence-electron chi connectivity index (χ0n) is 19.7. The van der Waals surface area contributed by atoms with E-state index in [0.29, 0.717) is 27.3 Å². The SMILES string of the molecule is C[C@@H](CN1CCN(c2ccc(OCCO)cc2Cl)[C@H](c2ccc(Cl)cc2)C1)c1ccc(C#N)cc1. The number of nitriles is 1. The molecule has 1 aliphatic heterocycles. The van der Waals surface area contributed by atoms with E-state index >= 15 is 0 Å². The topological polar surface area (TPSA) is 59.7 Å². The van der Waals surface area contributed by atoms with E-state index in [4.69, 9.17) is 38.3 Å². The summed E-state index contributed by atoms with van der Waals surface area (Å²) in [6, 6.07) is 23.9. The first-order valence-corrected chi connectivity index (χ1v) is 12.5. The van der Waals surface area contributed by atoms with Crippen LogP contribution in [0.5, 0.6) is 5.75 Å². The summed E-state index contributed by atoms with van der Waals surface area (Å²) in [5.74, 6) is 0.984. The Hall–Kier alpha value is -2.75. The van der Waals surface area contributed by atoms with Gasteiger partial charge in [-0.15, -0.1) is 0 Å². The molecule has 1 N–H and O–H groups in total. The molecule has 182 valence electrons. The number of aliphatic hydroxyl groups is 1. The van der Waals surface area contributed by atoms with Crippen molar-refractivity contribution in [1.82, 2.24) is 4.90 Å². The first-order chi connectivity index (χ1) is 17.0. The molecule has 3 aromatic carbocycles. The molecule has 0 radical (unpaired) electrons. The summed E-state index contributed by atoms with van der Waals surface area (Å²) >= 11 is 12.9. The maximum absolute atomic E-state index is 9.08. The van der Waals surface area contributed by atoms with Crippen LogP contribution in [-0.2, 0) is 0 Å². The highest BCUT2D eigenvalue weighted by Gasteiger charge is 2.30. The summed E-state index contributed by atoms with van der Waals surface area (Å²) in [5.41, 5.74) is 4.06. The molecule has 4 rings (SSSR count). The van der Waals surface area contributed by atoms with Crippen molar-refractivity contribution in [2.45, 2.75) is 18.9 Å². The third-order valence-corrected chi connectivity index (χ3v) is 7.00. The molecule has 35 heavy (non-hydrogen) atoms. The number of halogens is 2. The lowest BCUT2D eigenvalue weighted by atomic mass is 9.97. The number of piperazine rings is 1. The largest absolute Gasteiger partial charge is 0.491 e. The van der Waals surface area contributed by atoms with Crippen LogP contribution in [0.25, 0.3) is 0 Å². The smallest absolute Gasteiger partial charge is 0.121 e. The Bertz CT molecular complexity index is 1160. The molecule has 2 atom stereocenters. The number of benzene rings is 3. The van der Waals surface area contributed by atoms with Crippen LogP contribution >= 0.6 is 23.2 Å². The monoisotopic (exact) mass is 509 g/mol. The Morgan fingerprint density at radius 3 is 2.46 bits per heavy atom. The fourth-order valence-electron chi connectivity index (χ4n) is 4.62. The van der Waals surface area contributed by atoms with Gasteiger partial charge in [0.05, 0.1) is 35.0 Å². The van der Waals surface area contributed by atoms with Crippen LogP contribution in [0.1, 0.15) is 35.6 Å². The second kappa shape index (κ2) is 11.8. The molecule has 7 heteroatoms. The molecular weight excluding hydrogens is 481 g/mol. The van der Waals surface area contributed by atoms with E-state index in [9.17, 15) is 0 Å². The minimum atomic E-state index is -0.0408. The van der Waals surface area contributed by atoms with Gasteiger partial charge in [-0.05, 0) is 53.4 Å². The van der Waals surface area contributed by atoms with Crippen LogP contribution in [-0.4, -0.2) is 49.4 Å². The summed E-state index contributed by atoms with van der Waals surface area (Å²) < 4.78 is 5.53. The van der Waals surface area contributed by atoms with Gasteiger partial charge in [0.1, 0.15) is 12.4 Å². The van der Waals surface area contributed by atoms with Gasteiger partial charge in [-0.1, -0.05) is 54.4 Å². The van der Waals surface area contributed by atoms with Crippen molar-refractivity contribution >= 4 is 28.9 Å². The number of anilines is 1. The molecule has 0 aliphatic carbocycles. The molecule has 3 aromatic rings. The lowest BCUT2D eigenvalue weighted by molar-refractivity contribution is 0.201. The Morgan fingerprint density at radius 2 is 1.80 bits per heavy atom. The van der Waals surface area contributed by atoms with E-state index in [1.165, 1.54) is 11.1 Å². The summed E-state index contributed by atoms with van der Waals surface area (Å²) in [6.45, 7) is 5.92. The Balaban J connectivity index is 1.55. The van der Waals surface area contributed by atoms with E-state index in [2.05, 4.69) is 47.1 Å². The van der Waals surface area contributed by atoms with Crippen LogP contribution in [0, 0.1) is 11.3 Å². The maximum Gasteiger partial charge on any atom is 0.121 e. The van der Waals surface area contributed by atoms with Gasteiger partial charge >= 0.3 is 0 Å². The van der Waals surface area contributed by atoms with E-state index in [1.807, 2.05) is 42.5 Å². The third-order valence-electron chi connectivity index (χ3n) is 6.45. The molecule has 0 bridgehead atoms. The standard InChI is InChI=1S/C28H29Cl2N3O2/c1-20(22-4-2-21(17-31)3-5-22)18-32-12-13-33(28(19-32)23-6-8-24(29)9-7-23)27-11-10-25(16-26(27)30)35-15-14-34/h2-11,16,20,28,34H,12-15,18-19H2,1H3/t20-,28-/m0/s1. The minimum absolute atomic E-state index is 0.0408. The van der Waals surface area contributed by atoms with Crippen LogP contribution in [0.3, 0.4) is 0 Å². The summed E-state index contributed by atoms with van der Waals surface area (Å²) in [5, 5.41) is 19.4. The van der Waals surface area contributed by atoms with Gasteiger partial charge in [-0.3, -0.25) is 4.90 Å². The number of hydrogen-bond acceptors (Lipinski definition) is 5. The van der Waals surface area contributed by atoms with Gasteiger partial charge in [0, 0.05) is 37.3 Å². The average Bonchev–Trinajstić information content (AvgIpc) is 2.88. The lowest BCUT2D eigenvalue weighted by Gasteiger charge is -2.44. The molecule has 1 heterocycles. The Kier molecular flexibility index (Phi) is 8.54. The highest BCUT2D eigenvalue weighted by atomic mass is 35.5. The zero-order valence-corrected chi connectivity index (χ0v) is 21.2. The number of ether oxygens (including phenoxy) is 1. The van der Waals surface area contributed by atoms with Gasteiger partial charge in [0.25, 0.3) is 0 Å². The highest BCUT2D eigenvalue weighted by molar-refractivity contribution is 6.33. The number of rotatable bonds is 8. The second-order valence-electron chi connectivity index (χ2n) is 8.84. The first kappa shape index (κ1) is 25.3. The molecule has 0 saturated carbocycles. The maximum atomic E-state index is 9.08. The van der Waals surface area contributed by atoms with E-state index in [-0.39, 0.29) is 19.3 Å². The summed E-state index contributed by atoms with van der Waals surface area (Å²) in [6.07, 6.45) is 0. The van der Waals surface area contributed by atoms with Crippen LogP contribution in [0.15, 0.2) is 66.7 Å². The third kappa shape index (κ3) is 6.28. The summed E-state index contributed by atoms with van der Waals surface area (Å²) in [4.78, 5) is 4.84. The minimum Gasteiger partial charge on any atom is -0.491 e. The number of hydrogen-bond donors (Lipinski definition) is 1. The zero-order chi connectivity index (χ0) is 24.8. The molecular formula is C28H29Cl2N3O2. The highest BCUT2D eigenvalue weighted by Crippen LogP contribution is 2.37. The Labute approximate surface area is 217 Å². The second-order valence-corrected chi connectivity index (χ2v) is 9.68. The molecule has 1 aliphatic rings. The van der Waals surface area contributed by atoms with Crippen LogP contribution in [0.4, 0.5) is 5.69 Å². The van der Waals surface area contributed by atoms with Crippen molar-refractivity contribution in [3.05, 3.63) is 93.5 Å². The van der Waals surface area contributed by atoms with Crippen molar-refractivity contribution < 1.29 is 9.84 Å². The van der Waals surface area contributed by atoms with E-state index in [1.54, 1.807) is 0 Å². The molecule has 0 aromatic heterocycles. The molecule has 0 spiro atoms. The van der Waals surface area contributed by atoms with Crippen molar-refractivity contribution in [2.75, 3.05) is 44.3 Å². The molecule has 0 amide bonds. The summed E-state index contributed by atoms with van der Waals surface area (Å²) in [7, 11) is 0. The fraction of sp³-hybridized carbons (Fsp3) is 0.321. The normalized spacial score (nSPS) is 17.1. The van der Waals surface area contributed by atoms with Crippen molar-refractivity contribution in [3.63, 3.8) is 0 Å². The van der Waals surface area contributed by atoms with Gasteiger partial charge in [-0.25, -0.2) is 0 Å². The number of aliphatic hydroxyl groups excluding tert-OH is 1. The van der Waals surface area contributed by atoms with E-state index < -0.39 is 0 Å². The van der Waals surface area contributed by atoms with Crippen molar-refractivity contribution in [1.29, 1.82) is 5.26 Å². The molecule has 1 saturated heterocycles. The molecule has 5 nitrogen and oxygen atoms in total. The predicted molar refractivity (Wildman–Crippen MR) is 142 cm³/mol. The lowest BCUT2D eigenvalue weighted by Crippen LogP contribution is -2.49. The molecule has 0 unspecified atom stereocenters. The Morgan fingerprint density at radius 1 is 1.06 bits per heavy atom. The van der Waals surface area contributed by atoms with Gasteiger partial charge in [-0.2, -0.15) is 5.26 Å². The first-order valence-electron chi connectivity index (χ1n) is 11.8. The van der Waals surface area contributed by atoms with E-state index in [0.717, 1.165) is 31.9 Å². The quantitative estimate of drug-likeness (QED) is 0.409. The average molecular weight is 510 g/mol. The van der Waals surface area contributed by atoms with Crippen molar-refractivity contribution in [3.8, 4) is 11.8 Å².